The Balaban J connectivity index is 1.69. The molecule has 1 aromatic carbocycles. The van der Waals surface area contributed by atoms with E-state index in [-0.39, 0.29) is 0 Å². The molecule has 1 aliphatic heterocycles. The molecular weight excluding hydrogens is 265 g/mol. The highest BCUT2D eigenvalue weighted by molar-refractivity contribution is 5.17. The van der Waals surface area contributed by atoms with Gasteiger partial charge in [-0.1, -0.05) is 30.3 Å². The van der Waals surface area contributed by atoms with E-state index in [4.69, 9.17) is 0 Å². The molecule has 0 radical (unpaired) electrons. The molecule has 1 aliphatic carbocycles. The third-order valence-corrected chi connectivity index (χ3v) is 4.20. The van der Waals surface area contributed by atoms with Gasteiger partial charge in [0.05, 0.1) is 5.54 Å². The topological polar surface area (TPSA) is 6.48 Å². The average Bonchev–Trinajstić information content (AvgIpc) is 3.19. The summed E-state index contributed by atoms with van der Waals surface area (Å²) in [6.45, 7) is 2.38. The number of benzene rings is 1. The summed E-state index contributed by atoms with van der Waals surface area (Å²) >= 11 is 0. The maximum atomic E-state index is 13.5. The van der Waals surface area contributed by atoms with Gasteiger partial charge in [-0.25, -0.2) is 0 Å². The average molecular weight is 282 g/mol. The number of hydrogen-bond donors (Lipinski definition) is 0. The number of piperazine rings is 1. The molecule has 1 saturated heterocycles. The fraction of sp³-hybridized carbons (Fsp3) is 0.467. The smallest absolute Gasteiger partial charge is 0.322 e. The van der Waals surface area contributed by atoms with Crippen LogP contribution in [0.2, 0.25) is 0 Å². The van der Waals surface area contributed by atoms with Gasteiger partial charge in [0.1, 0.15) is 0 Å². The van der Waals surface area contributed by atoms with Crippen LogP contribution in [0.3, 0.4) is 0 Å². The largest absolute Gasteiger partial charge is 0.336 e. The second kappa shape index (κ2) is 5.13. The monoisotopic (exact) mass is 282 g/mol. The van der Waals surface area contributed by atoms with Crippen LogP contribution in [0.1, 0.15) is 18.4 Å². The van der Waals surface area contributed by atoms with E-state index in [9.17, 15) is 13.2 Å². The molecule has 2 aliphatic rings. The summed E-state index contributed by atoms with van der Waals surface area (Å²) < 4.78 is 38.5. The molecule has 1 heterocycles. The van der Waals surface area contributed by atoms with E-state index in [2.05, 4.69) is 4.90 Å². The van der Waals surface area contributed by atoms with E-state index in [1.54, 1.807) is 0 Å². The zero-order valence-corrected chi connectivity index (χ0v) is 11.2. The van der Waals surface area contributed by atoms with Crippen LogP contribution < -0.4 is 0 Å². The van der Waals surface area contributed by atoms with Crippen molar-refractivity contribution in [2.45, 2.75) is 24.9 Å². The lowest BCUT2D eigenvalue weighted by Crippen LogP contribution is -2.53. The van der Waals surface area contributed by atoms with Gasteiger partial charge in [-0.15, -0.1) is 0 Å². The lowest BCUT2D eigenvalue weighted by Gasteiger charge is -2.42. The van der Waals surface area contributed by atoms with Crippen LogP contribution in [0.5, 0.6) is 0 Å². The minimum Gasteiger partial charge on any atom is -0.336 e. The van der Waals surface area contributed by atoms with Gasteiger partial charge in [0.15, 0.2) is 0 Å². The lowest BCUT2D eigenvalue weighted by atomic mass is 10.1. The standard InChI is InChI=1S/C15H17F3N2/c16-13(17)14(18)20-9-8-19(11-15(20)6-7-15)10-12-4-2-1-3-5-12/h1-5H,6-11H2. The Hall–Kier alpha value is -1.49. The van der Waals surface area contributed by atoms with Crippen LogP contribution in [0.4, 0.5) is 13.2 Å². The van der Waals surface area contributed by atoms with E-state index < -0.39 is 17.6 Å². The van der Waals surface area contributed by atoms with Crippen molar-refractivity contribution in [2.24, 2.45) is 0 Å². The quantitative estimate of drug-likeness (QED) is 0.784. The van der Waals surface area contributed by atoms with Crippen molar-refractivity contribution in [3.8, 4) is 0 Å². The van der Waals surface area contributed by atoms with Crippen LogP contribution in [0.15, 0.2) is 42.4 Å². The molecule has 0 atom stereocenters. The van der Waals surface area contributed by atoms with Crippen molar-refractivity contribution in [1.29, 1.82) is 0 Å². The summed E-state index contributed by atoms with van der Waals surface area (Å²) in [6.07, 6.45) is -0.620. The molecule has 0 aromatic heterocycles. The molecule has 20 heavy (non-hydrogen) atoms. The van der Waals surface area contributed by atoms with Crippen molar-refractivity contribution >= 4 is 0 Å². The molecule has 1 aromatic rings. The molecule has 0 N–H and O–H groups in total. The Morgan fingerprint density at radius 3 is 2.35 bits per heavy atom. The Bertz CT molecular complexity index is 507. The molecule has 0 amide bonds. The van der Waals surface area contributed by atoms with Crippen molar-refractivity contribution in [3.63, 3.8) is 0 Å². The van der Waals surface area contributed by atoms with Gasteiger partial charge in [-0.05, 0) is 18.4 Å². The number of hydrogen-bond acceptors (Lipinski definition) is 2. The van der Waals surface area contributed by atoms with Gasteiger partial charge >= 0.3 is 6.08 Å². The van der Waals surface area contributed by atoms with Crippen molar-refractivity contribution in [1.82, 2.24) is 9.80 Å². The first kappa shape index (κ1) is 13.5. The SMILES string of the molecule is FC(F)=C(F)N1CCN(Cc2ccccc2)CC12CC2. The minimum atomic E-state index is -2.20. The van der Waals surface area contributed by atoms with Crippen molar-refractivity contribution in [3.05, 3.63) is 47.9 Å². The summed E-state index contributed by atoms with van der Waals surface area (Å²) in [5.41, 5.74) is 0.796. The highest BCUT2D eigenvalue weighted by Crippen LogP contribution is 2.47. The highest BCUT2D eigenvalue weighted by Gasteiger charge is 2.52. The maximum absolute atomic E-state index is 13.5. The third kappa shape index (κ3) is 2.54. The molecule has 0 bridgehead atoms. The van der Waals surface area contributed by atoms with Gasteiger partial charge in [0.2, 0.25) is 0 Å². The van der Waals surface area contributed by atoms with E-state index in [1.165, 1.54) is 10.5 Å². The molecule has 5 heteroatoms. The Labute approximate surface area is 116 Å². The number of nitrogens with zero attached hydrogens (tertiary/aromatic N) is 2. The van der Waals surface area contributed by atoms with Crippen LogP contribution in [0.25, 0.3) is 0 Å². The van der Waals surface area contributed by atoms with E-state index in [0.29, 0.717) is 19.6 Å². The maximum Gasteiger partial charge on any atom is 0.322 e. The normalized spacial score (nSPS) is 21.1. The molecule has 1 spiro atoms. The first-order chi connectivity index (χ1) is 9.61. The first-order valence-corrected chi connectivity index (χ1v) is 6.85. The predicted molar refractivity (Wildman–Crippen MR) is 70.7 cm³/mol. The summed E-state index contributed by atoms with van der Waals surface area (Å²) in [7, 11) is 0. The minimum absolute atomic E-state index is 0.329. The predicted octanol–water partition coefficient (Wildman–Crippen LogP) is 3.37. The van der Waals surface area contributed by atoms with Crippen LogP contribution in [0, 0.1) is 0 Å². The van der Waals surface area contributed by atoms with Crippen molar-refractivity contribution < 1.29 is 13.2 Å². The molecule has 108 valence electrons. The highest BCUT2D eigenvalue weighted by atomic mass is 19.3. The Kier molecular flexibility index (Phi) is 3.46. The van der Waals surface area contributed by atoms with Crippen LogP contribution in [-0.2, 0) is 6.54 Å². The molecule has 0 unspecified atom stereocenters. The zero-order chi connectivity index (χ0) is 14.2. The van der Waals surface area contributed by atoms with Crippen LogP contribution >= 0.6 is 0 Å². The first-order valence-electron chi connectivity index (χ1n) is 6.85. The lowest BCUT2D eigenvalue weighted by molar-refractivity contribution is 0.0541. The Morgan fingerprint density at radius 2 is 1.75 bits per heavy atom. The second-order valence-electron chi connectivity index (χ2n) is 5.62. The summed E-state index contributed by atoms with van der Waals surface area (Å²) in [4.78, 5) is 3.49. The van der Waals surface area contributed by atoms with Gasteiger partial charge in [0.25, 0.3) is 5.95 Å². The van der Waals surface area contributed by atoms with Gasteiger partial charge in [-0.2, -0.15) is 13.2 Å². The Morgan fingerprint density at radius 1 is 1.05 bits per heavy atom. The van der Waals surface area contributed by atoms with E-state index in [1.807, 2.05) is 30.3 Å². The second-order valence-corrected chi connectivity index (χ2v) is 5.62. The fourth-order valence-corrected chi connectivity index (χ4v) is 3.02. The van der Waals surface area contributed by atoms with Gasteiger partial charge in [-0.3, -0.25) is 4.90 Å². The molecule has 2 nitrogen and oxygen atoms in total. The van der Waals surface area contributed by atoms with Gasteiger partial charge in [0, 0.05) is 26.2 Å². The number of halogens is 3. The molecular formula is C15H17F3N2. The fourth-order valence-electron chi connectivity index (χ4n) is 3.02. The zero-order valence-electron chi connectivity index (χ0n) is 11.2. The molecule has 2 fully saturated rings. The number of rotatable bonds is 3. The summed E-state index contributed by atoms with van der Waals surface area (Å²) in [5.74, 6) is -1.33. The molecule has 1 saturated carbocycles. The molecule has 3 rings (SSSR count). The summed E-state index contributed by atoms with van der Waals surface area (Å²) in [6, 6.07) is 10.0. The van der Waals surface area contributed by atoms with E-state index in [0.717, 1.165) is 19.4 Å². The van der Waals surface area contributed by atoms with E-state index >= 15 is 0 Å². The van der Waals surface area contributed by atoms with Gasteiger partial charge < -0.3 is 4.90 Å². The third-order valence-electron chi connectivity index (χ3n) is 4.20. The van der Waals surface area contributed by atoms with Crippen molar-refractivity contribution in [2.75, 3.05) is 19.6 Å². The summed E-state index contributed by atoms with van der Waals surface area (Å²) in [5, 5.41) is 0. The van der Waals surface area contributed by atoms with Crippen LogP contribution in [-0.4, -0.2) is 35.0 Å².